The second-order valence-electron chi connectivity index (χ2n) is 14.6. The Labute approximate surface area is 293 Å². The molecular weight excluding hydrogens is 632 g/mol. The van der Waals surface area contributed by atoms with Crippen molar-refractivity contribution in [3.05, 3.63) is 108 Å². The van der Waals surface area contributed by atoms with Gasteiger partial charge in [-0.2, -0.15) is 0 Å². The van der Waals surface area contributed by atoms with Crippen molar-refractivity contribution in [2.45, 2.75) is 76.4 Å². The van der Waals surface area contributed by atoms with Gasteiger partial charge in [0.1, 0.15) is 6.04 Å². The SMILES string of the molecule is CC(C)(C)NC(=O)[C@@H]1CN(Cc2ncc(-c3cccnc3)o2)CCN1C[C@@H](O)C[C@@H](Cc1ccccc1)C(=O)N[C@H]1c2ccccc2C[C@H]1O. The number of aliphatic hydroxyl groups excluding tert-OH is 2. The molecule has 1 aliphatic heterocycles. The van der Waals surface area contributed by atoms with Crippen LogP contribution in [0.4, 0.5) is 0 Å². The molecule has 1 aliphatic carbocycles. The number of benzene rings is 2. The van der Waals surface area contributed by atoms with E-state index in [-0.39, 0.29) is 24.8 Å². The molecule has 5 atom stereocenters. The normalized spacial score (nSPS) is 20.9. The van der Waals surface area contributed by atoms with Gasteiger partial charge in [-0.05, 0) is 62.4 Å². The van der Waals surface area contributed by atoms with Crippen LogP contribution in [0.3, 0.4) is 0 Å². The number of nitrogens with zero attached hydrogens (tertiary/aromatic N) is 4. The lowest BCUT2D eigenvalue weighted by molar-refractivity contribution is -0.132. The van der Waals surface area contributed by atoms with Crippen molar-refractivity contribution < 1.29 is 24.2 Å². The third kappa shape index (κ3) is 9.02. The van der Waals surface area contributed by atoms with Crippen molar-refractivity contribution in [3.63, 3.8) is 0 Å². The predicted molar refractivity (Wildman–Crippen MR) is 190 cm³/mol. The summed E-state index contributed by atoms with van der Waals surface area (Å²) in [5.74, 6) is 0.312. The Morgan fingerprint density at radius 1 is 1.02 bits per heavy atom. The summed E-state index contributed by atoms with van der Waals surface area (Å²) in [5, 5.41) is 28.6. The molecule has 0 radical (unpaired) electrons. The fourth-order valence-electron chi connectivity index (χ4n) is 7.03. The number of piperazine rings is 1. The Morgan fingerprint density at radius 3 is 2.56 bits per heavy atom. The highest BCUT2D eigenvalue weighted by atomic mass is 16.4. The van der Waals surface area contributed by atoms with Crippen LogP contribution in [0.2, 0.25) is 0 Å². The molecule has 0 spiro atoms. The van der Waals surface area contributed by atoms with E-state index in [2.05, 4.69) is 25.5 Å². The number of carbonyl (C=O) groups is 2. The van der Waals surface area contributed by atoms with Crippen LogP contribution in [0, 0.1) is 5.92 Å². The molecule has 2 aromatic carbocycles. The number of carbonyl (C=O) groups excluding carboxylic acids is 2. The van der Waals surface area contributed by atoms with Crippen LogP contribution in [-0.2, 0) is 29.0 Å². The molecular formula is C39H48N6O5. The van der Waals surface area contributed by atoms with Crippen molar-refractivity contribution in [3.8, 4) is 11.3 Å². The fraction of sp³-hybridized carbons (Fsp3) is 0.436. The molecule has 4 N–H and O–H groups in total. The van der Waals surface area contributed by atoms with E-state index in [9.17, 15) is 19.8 Å². The highest BCUT2D eigenvalue weighted by molar-refractivity contribution is 5.83. The summed E-state index contributed by atoms with van der Waals surface area (Å²) in [6.07, 6.45) is 4.66. The van der Waals surface area contributed by atoms with Crippen LogP contribution in [0.15, 0.2) is 89.7 Å². The van der Waals surface area contributed by atoms with Crippen LogP contribution in [0.5, 0.6) is 0 Å². The van der Waals surface area contributed by atoms with Gasteiger partial charge in [0.2, 0.25) is 17.7 Å². The zero-order chi connectivity index (χ0) is 35.3. The number of hydrogen-bond donors (Lipinski definition) is 4. The molecule has 1 fully saturated rings. The molecule has 264 valence electrons. The topological polar surface area (TPSA) is 144 Å². The van der Waals surface area contributed by atoms with Crippen molar-refractivity contribution in [1.29, 1.82) is 0 Å². The van der Waals surface area contributed by atoms with Crippen LogP contribution < -0.4 is 10.6 Å². The molecule has 4 aromatic rings. The predicted octanol–water partition coefficient (Wildman–Crippen LogP) is 3.52. The van der Waals surface area contributed by atoms with Crippen molar-refractivity contribution in [2.24, 2.45) is 5.92 Å². The number of β-amino-alcohol motifs (C(OH)–C–C–N with tert-alkyl or cyclic N) is 1. The first-order chi connectivity index (χ1) is 24.0. The lowest BCUT2D eigenvalue weighted by Gasteiger charge is -2.42. The monoisotopic (exact) mass is 680 g/mol. The van der Waals surface area contributed by atoms with Gasteiger partial charge in [0.15, 0.2) is 5.76 Å². The molecule has 0 saturated carbocycles. The molecule has 0 bridgehead atoms. The molecule has 6 rings (SSSR count). The summed E-state index contributed by atoms with van der Waals surface area (Å²) in [7, 11) is 0. The summed E-state index contributed by atoms with van der Waals surface area (Å²) in [6.45, 7) is 8.11. The second kappa shape index (κ2) is 15.6. The summed E-state index contributed by atoms with van der Waals surface area (Å²) < 4.78 is 6.03. The summed E-state index contributed by atoms with van der Waals surface area (Å²) in [5.41, 5.74) is 3.35. The van der Waals surface area contributed by atoms with E-state index in [1.165, 1.54) is 0 Å². The third-order valence-corrected chi connectivity index (χ3v) is 9.43. The van der Waals surface area contributed by atoms with Crippen molar-refractivity contribution in [1.82, 2.24) is 30.4 Å². The van der Waals surface area contributed by atoms with Crippen molar-refractivity contribution >= 4 is 11.8 Å². The minimum Gasteiger partial charge on any atom is -0.439 e. The lowest BCUT2D eigenvalue weighted by Crippen LogP contribution is -2.62. The lowest BCUT2D eigenvalue weighted by atomic mass is 9.91. The zero-order valence-electron chi connectivity index (χ0n) is 29.0. The first kappa shape index (κ1) is 35.4. The Hall–Kier alpha value is -4.42. The first-order valence-corrected chi connectivity index (χ1v) is 17.4. The Kier molecular flexibility index (Phi) is 11.1. The molecule has 2 aliphatic rings. The molecule has 50 heavy (non-hydrogen) atoms. The van der Waals surface area contributed by atoms with Gasteiger partial charge in [-0.15, -0.1) is 0 Å². The van der Waals surface area contributed by atoms with E-state index in [0.29, 0.717) is 50.7 Å². The number of fused-ring (bicyclic) bond motifs is 1. The number of amides is 2. The van der Waals surface area contributed by atoms with Gasteiger partial charge in [0.25, 0.3) is 0 Å². The molecule has 0 unspecified atom stereocenters. The third-order valence-electron chi connectivity index (χ3n) is 9.43. The largest absolute Gasteiger partial charge is 0.439 e. The number of rotatable bonds is 12. The van der Waals surface area contributed by atoms with Gasteiger partial charge in [-0.25, -0.2) is 4.98 Å². The van der Waals surface area contributed by atoms with E-state index in [1.807, 2.05) is 92.4 Å². The molecule has 3 heterocycles. The number of nitrogens with one attached hydrogen (secondary N) is 2. The highest BCUT2D eigenvalue weighted by Crippen LogP contribution is 2.32. The van der Waals surface area contributed by atoms with Gasteiger partial charge in [0.05, 0.1) is 31.0 Å². The zero-order valence-corrected chi connectivity index (χ0v) is 29.0. The molecule has 11 nitrogen and oxygen atoms in total. The van der Waals surface area contributed by atoms with Gasteiger partial charge in [0, 0.05) is 62.0 Å². The quantitative estimate of drug-likeness (QED) is 0.177. The van der Waals surface area contributed by atoms with Gasteiger partial charge >= 0.3 is 0 Å². The molecule has 2 aromatic heterocycles. The maximum atomic E-state index is 13.9. The average Bonchev–Trinajstić information content (AvgIpc) is 3.69. The minimum absolute atomic E-state index is 0.120. The van der Waals surface area contributed by atoms with E-state index in [1.54, 1.807) is 18.6 Å². The van der Waals surface area contributed by atoms with Crippen LogP contribution in [0.1, 0.15) is 55.8 Å². The van der Waals surface area contributed by atoms with Gasteiger partial charge in [-0.1, -0.05) is 54.6 Å². The van der Waals surface area contributed by atoms with E-state index >= 15 is 0 Å². The number of hydrogen-bond acceptors (Lipinski definition) is 9. The average molecular weight is 681 g/mol. The number of aliphatic hydroxyl groups is 2. The minimum atomic E-state index is -0.875. The Balaban J connectivity index is 1.14. The maximum Gasteiger partial charge on any atom is 0.239 e. The van der Waals surface area contributed by atoms with Gasteiger partial charge in [-0.3, -0.25) is 24.4 Å². The summed E-state index contributed by atoms with van der Waals surface area (Å²) in [4.78, 5) is 40.4. The summed E-state index contributed by atoms with van der Waals surface area (Å²) in [6, 6.07) is 20.3. The Morgan fingerprint density at radius 2 is 1.80 bits per heavy atom. The molecule has 11 heteroatoms. The van der Waals surface area contributed by atoms with Crippen LogP contribution >= 0.6 is 0 Å². The number of oxazole rings is 1. The Bertz CT molecular complexity index is 1730. The number of aromatic nitrogens is 2. The van der Waals surface area contributed by atoms with Crippen molar-refractivity contribution in [2.75, 3.05) is 26.2 Å². The maximum absolute atomic E-state index is 13.9. The second-order valence-corrected chi connectivity index (χ2v) is 14.6. The standard InChI is InChI=1S/C39H48N6O5/c1-39(2,3)43-38(49)32-24-44(25-35-41-22-34(50-35)28-13-9-15-40-21-28)16-17-45(32)23-30(46)19-29(18-26-10-5-4-6-11-26)37(48)42-36-31-14-8-7-12-27(31)20-33(36)47/h4-15,21-22,29-30,32-33,36,46-47H,16-20,23-25H2,1-3H3,(H,42,48)(H,43,49)/t29-,30+,32+,33-,36+/m1/s1. The molecule has 1 saturated heterocycles. The van der Waals surface area contributed by atoms with E-state index in [0.717, 1.165) is 22.3 Å². The van der Waals surface area contributed by atoms with Gasteiger partial charge < -0.3 is 25.3 Å². The summed E-state index contributed by atoms with van der Waals surface area (Å²) >= 11 is 0. The van der Waals surface area contributed by atoms with E-state index < -0.39 is 35.7 Å². The highest BCUT2D eigenvalue weighted by Gasteiger charge is 2.37. The van der Waals surface area contributed by atoms with Crippen LogP contribution in [-0.4, -0.2) is 91.8 Å². The smallest absolute Gasteiger partial charge is 0.239 e. The molecule has 2 amide bonds. The fourth-order valence-corrected chi connectivity index (χ4v) is 7.03. The van der Waals surface area contributed by atoms with E-state index in [4.69, 9.17) is 4.42 Å². The first-order valence-electron chi connectivity index (χ1n) is 17.4. The number of pyridine rings is 1. The van der Waals surface area contributed by atoms with Crippen LogP contribution in [0.25, 0.3) is 11.3 Å².